The van der Waals surface area contributed by atoms with Gasteiger partial charge < -0.3 is 15.3 Å². The normalized spacial score (nSPS) is 18.4. The number of carbonyl (C=O) groups excluding carboxylic acids is 1. The minimum absolute atomic E-state index is 0.362. The molecule has 7 heteroatoms. The van der Waals surface area contributed by atoms with E-state index in [4.69, 9.17) is 5.11 Å². The maximum Gasteiger partial charge on any atom is 0.326 e. The van der Waals surface area contributed by atoms with Crippen LogP contribution in [0.2, 0.25) is 0 Å². The van der Waals surface area contributed by atoms with Gasteiger partial charge in [0.2, 0.25) is 0 Å². The summed E-state index contributed by atoms with van der Waals surface area (Å²) in [5.41, 5.74) is 3.29. The third-order valence-corrected chi connectivity index (χ3v) is 4.17. The number of hydrogen-bond donors (Lipinski definition) is 2. The second-order valence-corrected chi connectivity index (χ2v) is 5.54. The summed E-state index contributed by atoms with van der Waals surface area (Å²) in [6.45, 7) is 0.478. The lowest BCUT2D eigenvalue weighted by atomic mass is 10.2. The van der Waals surface area contributed by atoms with Crippen molar-refractivity contribution >= 4 is 39.2 Å². The van der Waals surface area contributed by atoms with Crippen LogP contribution in [0.3, 0.4) is 0 Å². The van der Waals surface area contributed by atoms with Crippen LogP contribution in [0.25, 0.3) is 10.2 Å². The highest BCUT2D eigenvalue weighted by atomic mass is 32.1. The highest BCUT2D eigenvalue weighted by Crippen LogP contribution is 2.23. The molecule has 1 aromatic carbocycles. The van der Waals surface area contributed by atoms with Crippen LogP contribution in [0.5, 0.6) is 0 Å². The molecule has 1 aromatic heterocycles. The van der Waals surface area contributed by atoms with Crippen LogP contribution in [0.15, 0.2) is 23.7 Å². The lowest BCUT2D eigenvalue weighted by molar-refractivity contribution is -0.141. The molecule has 0 unspecified atom stereocenters. The first-order chi connectivity index (χ1) is 9.65. The summed E-state index contributed by atoms with van der Waals surface area (Å²) in [7, 11) is 0. The molecule has 0 saturated carbocycles. The SMILES string of the molecule is O=C(O)[C@H]1CCCN1C(=O)Nc1ccc2ncsc2c1. The average molecular weight is 291 g/mol. The minimum atomic E-state index is -0.949. The summed E-state index contributed by atoms with van der Waals surface area (Å²) in [4.78, 5) is 28.8. The van der Waals surface area contributed by atoms with Crippen LogP contribution in [-0.4, -0.2) is 39.6 Å². The molecule has 104 valence electrons. The van der Waals surface area contributed by atoms with E-state index in [1.54, 1.807) is 11.6 Å². The number of aliphatic carboxylic acids is 1. The molecular weight excluding hydrogens is 278 g/mol. The van der Waals surface area contributed by atoms with E-state index in [1.165, 1.54) is 16.2 Å². The van der Waals surface area contributed by atoms with Crippen LogP contribution >= 0.6 is 11.3 Å². The van der Waals surface area contributed by atoms with Gasteiger partial charge in [-0.3, -0.25) is 0 Å². The number of benzene rings is 1. The fourth-order valence-corrected chi connectivity index (χ4v) is 3.11. The van der Waals surface area contributed by atoms with Crippen LogP contribution in [0, 0.1) is 0 Å². The maximum absolute atomic E-state index is 12.1. The van der Waals surface area contributed by atoms with Gasteiger partial charge in [-0.1, -0.05) is 0 Å². The molecule has 0 bridgehead atoms. The van der Waals surface area contributed by atoms with Gasteiger partial charge >= 0.3 is 12.0 Å². The van der Waals surface area contributed by atoms with Crippen LogP contribution < -0.4 is 5.32 Å². The lowest BCUT2D eigenvalue weighted by Gasteiger charge is -2.21. The topological polar surface area (TPSA) is 82.5 Å². The number of rotatable bonds is 2. The zero-order valence-electron chi connectivity index (χ0n) is 10.6. The number of amides is 2. The van der Waals surface area contributed by atoms with Crippen molar-refractivity contribution in [3.05, 3.63) is 23.7 Å². The largest absolute Gasteiger partial charge is 0.480 e. The Morgan fingerprint density at radius 2 is 2.30 bits per heavy atom. The molecular formula is C13H13N3O3S. The monoisotopic (exact) mass is 291 g/mol. The molecule has 20 heavy (non-hydrogen) atoms. The van der Waals surface area contributed by atoms with Gasteiger partial charge in [0.05, 0.1) is 15.7 Å². The van der Waals surface area contributed by atoms with Crippen molar-refractivity contribution in [2.24, 2.45) is 0 Å². The number of carboxylic acids is 1. The van der Waals surface area contributed by atoms with Gasteiger partial charge in [-0.25, -0.2) is 14.6 Å². The standard InChI is InChI=1S/C13H13N3O3S/c17-12(18)10-2-1-5-16(10)13(19)15-8-3-4-9-11(6-8)20-7-14-9/h3-4,6-7,10H,1-2,5H2,(H,15,19)(H,17,18)/t10-/m1/s1. The lowest BCUT2D eigenvalue weighted by Crippen LogP contribution is -2.42. The van der Waals surface area contributed by atoms with E-state index in [-0.39, 0.29) is 6.03 Å². The third kappa shape index (κ3) is 2.32. The van der Waals surface area contributed by atoms with Crippen LogP contribution in [0.1, 0.15) is 12.8 Å². The Morgan fingerprint density at radius 1 is 1.45 bits per heavy atom. The van der Waals surface area contributed by atoms with E-state index < -0.39 is 12.0 Å². The van der Waals surface area contributed by atoms with Crippen LogP contribution in [-0.2, 0) is 4.79 Å². The minimum Gasteiger partial charge on any atom is -0.480 e. The molecule has 6 nitrogen and oxygen atoms in total. The van der Waals surface area contributed by atoms with Gasteiger partial charge in [-0.15, -0.1) is 11.3 Å². The molecule has 1 fully saturated rings. The van der Waals surface area contributed by atoms with Crippen LogP contribution in [0.4, 0.5) is 10.5 Å². The first-order valence-electron chi connectivity index (χ1n) is 6.29. The Labute approximate surface area is 119 Å². The Hall–Kier alpha value is -2.15. The molecule has 0 aliphatic carbocycles. The molecule has 2 heterocycles. The zero-order valence-corrected chi connectivity index (χ0v) is 11.4. The van der Waals surface area contributed by atoms with Gasteiger partial charge in [0.1, 0.15) is 6.04 Å². The Kier molecular flexibility index (Phi) is 3.27. The maximum atomic E-state index is 12.1. The van der Waals surface area contributed by atoms with Crippen molar-refractivity contribution < 1.29 is 14.7 Å². The van der Waals surface area contributed by atoms with Crippen molar-refractivity contribution in [3.63, 3.8) is 0 Å². The second kappa shape index (κ2) is 5.09. The van der Waals surface area contributed by atoms with Crippen molar-refractivity contribution in [2.45, 2.75) is 18.9 Å². The summed E-state index contributed by atoms with van der Waals surface area (Å²) in [6.07, 6.45) is 1.23. The van der Waals surface area contributed by atoms with Crippen molar-refractivity contribution in [1.82, 2.24) is 9.88 Å². The number of likely N-dealkylation sites (tertiary alicyclic amines) is 1. The zero-order chi connectivity index (χ0) is 14.1. The van der Waals surface area contributed by atoms with E-state index in [9.17, 15) is 9.59 Å². The number of nitrogens with zero attached hydrogens (tertiary/aromatic N) is 2. The van der Waals surface area contributed by atoms with Gasteiger partial charge in [0.15, 0.2) is 0 Å². The molecule has 2 N–H and O–H groups in total. The van der Waals surface area contributed by atoms with Gasteiger partial charge in [0, 0.05) is 12.2 Å². The Morgan fingerprint density at radius 3 is 3.10 bits per heavy atom. The molecule has 2 aromatic rings. The summed E-state index contributed by atoms with van der Waals surface area (Å²) >= 11 is 1.50. The van der Waals surface area contributed by atoms with Crippen molar-refractivity contribution in [2.75, 3.05) is 11.9 Å². The molecule has 1 atom stereocenters. The number of anilines is 1. The number of urea groups is 1. The molecule has 1 aliphatic heterocycles. The second-order valence-electron chi connectivity index (χ2n) is 4.65. The number of thiazole rings is 1. The first-order valence-corrected chi connectivity index (χ1v) is 7.17. The summed E-state index contributed by atoms with van der Waals surface area (Å²) in [5.74, 6) is -0.949. The number of carboxylic acid groups (broad SMARTS) is 1. The summed E-state index contributed by atoms with van der Waals surface area (Å²) in [6, 6.07) is 4.36. The first kappa shape index (κ1) is 12.9. The summed E-state index contributed by atoms with van der Waals surface area (Å²) < 4.78 is 0.985. The number of hydrogen-bond acceptors (Lipinski definition) is 4. The number of carbonyl (C=O) groups is 2. The van der Waals surface area contributed by atoms with E-state index in [0.717, 1.165) is 16.6 Å². The highest BCUT2D eigenvalue weighted by molar-refractivity contribution is 7.16. The summed E-state index contributed by atoms with van der Waals surface area (Å²) in [5, 5.41) is 11.8. The Balaban J connectivity index is 1.76. The highest BCUT2D eigenvalue weighted by Gasteiger charge is 2.33. The predicted molar refractivity (Wildman–Crippen MR) is 76.0 cm³/mol. The fraction of sp³-hybridized carbons (Fsp3) is 0.308. The number of nitrogens with one attached hydrogen (secondary N) is 1. The third-order valence-electron chi connectivity index (χ3n) is 3.38. The molecule has 0 spiro atoms. The van der Waals surface area contributed by atoms with Crippen molar-refractivity contribution in [3.8, 4) is 0 Å². The molecule has 3 rings (SSSR count). The predicted octanol–water partition coefficient (Wildman–Crippen LogP) is 2.38. The van der Waals surface area contributed by atoms with E-state index in [1.807, 2.05) is 12.1 Å². The Bertz CT molecular complexity index is 670. The van der Waals surface area contributed by atoms with E-state index in [0.29, 0.717) is 18.7 Å². The molecule has 0 radical (unpaired) electrons. The van der Waals surface area contributed by atoms with E-state index >= 15 is 0 Å². The van der Waals surface area contributed by atoms with Crippen molar-refractivity contribution in [1.29, 1.82) is 0 Å². The molecule has 1 saturated heterocycles. The molecule has 2 amide bonds. The molecule has 1 aliphatic rings. The number of fused-ring (bicyclic) bond motifs is 1. The van der Waals surface area contributed by atoms with Gasteiger partial charge in [-0.2, -0.15) is 0 Å². The van der Waals surface area contributed by atoms with Gasteiger partial charge in [-0.05, 0) is 31.0 Å². The number of aromatic nitrogens is 1. The smallest absolute Gasteiger partial charge is 0.326 e. The average Bonchev–Trinajstić information content (AvgIpc) is 3.06. The quantitative estimate of drug-likeness (QED) is 0.890. The van der Waals surface area contributed by atoms with E-state index in [2.05, 4.69) is 10.3 Å². The van der Waals surface area contributed by atoms with Gasteiger partial charge in [0.25, 0.3) is 0 Å². The fourth-order valence-electron chi connectivity index (χ4n) is 2.39.